The molecule has 0 spiro atoms. The van der Waals surface area contributed by atoms with E-state index in [1.165, 1.54) is 18.6 Å². The lowest BCUT2D eigenvalue weighted by Crippen LogP contribution is -2.52. The fraction of sp³-hybridized carbons (Fsp3) is 0.381. The Morgan fingerprint density at radius 1 is 1.28 bits per heavy atom. The van der Waals surface area contributed by atoms with Crippen LogP contribution < -0.4 is 5.32 Å². The van der Waals surface area contributed by atoms with E-state index in [0.717, 1.165) is 11.8 Å². The van der Waals surface area contributed by atoms with Crippen LogP contribution in [0.25, 0.3) is 11.0 Å². The van der Waals surface area contributed by atoms with E-state index in [4.69, 9.17) is 4.52 Å². The number of nitrogens with zero attached hydrogens (tertiary/aromatic N) is 4. The molecule has 1 fully saturated rings. The lowest BCUT2D eigenvalue weighted by molar-refractivity contribution is -0.132. The molecule has 2 atom stereocenters. The Bertz CT molecular complexity index is 1000. The van der Waals surface area contributed by atoms with Gasteiger partial charge in [-0.05, 0) is 30.9 Å². The van der Waals surface area contributed by atoms with Gasteiger partial charge in [-0.25, -0.2) is 4.98 Å². The van der Waals surface area contributed by atoms with Gasteiger partial charge in [0.15, 0.2) is 5.58 Å². The Hall–Kier alpha value is -3.29. The van der Waals surface area contributed by atoms with E-state index in [1.807, 2.05) is 29.2 Å². The van der Waals surface area contributed by atoms with Crippen LogP contribution in [0.1, 0.15) is 35.9 Å². The van der Waals surface area contributed by atoms with Crippen molar-refractivity contribution in [2.45, 2.75) is 32.2 Å². The molecule has 8 heteroatoms. The lowest BCUT2D eigenvalue weighted by Gasteiger charge is -2.38. The molecule has 29 heavy (non-hydrogen) atoms. The summed E-state index contributed by atoms with van der Waals surface area (Å²) in [6.07, 6.45) is 6.27. The number of aromatic nitrogens is 3. The summed E-state index contributed by atoms with van der Waals surface area (Å²) in [6, 6.07) is 7.55. The van der Waals surface area contributed by atoms with Crippen molar-refractivity contribution in [1.82, 2.24) is 25.3 Å². The van der Waals surface area contributed by atoms with Gasteiger partial charge < -0.3 is 14.7 Å². The van der Waals surface area contributed by atoms with Gasteiger partial charge in [-0.15, -0.1) is 0 Å². The summed E-state index contributed by atoms with van der Waals surface area (Å²) in [7, 11) is 0. The Labute approximate surface area is 168 Å². The minimum Gasteiger partial charge on any atom is -0.356 e. The molecule has 0 saturated carbocycles. The highest BCUT2D eigenvalue weighted by Crippen LogP contribution is 2.23. The van der Waals surface area contributed by atoms with Gasteiger partial charge in [0.25, 0.3) is 5.91 Å². The summed E-state index contributed by atoms with van der Waals surface area (Å²) in [5.74, 6) is -0.0148. The van der Waals surface area contributed by atoms with Crippen molar-refractivity contribution >= 4 is 22.8 Å². The molecule has 1 aromatic carbocycles. The number of likely N-dealkylation sites (tertiary alicyclic amines) is 1. The van der Waals surface area contributed by atoms with Crippen molar-refractivity contribution in [2.75, 3.05) is 13.1 Å². The number of hydrogen-bond acceptors (Lipinski definition) is 6. The molecule has 1 N–H and O–H groups in total. The van der Waals surface area contributed by atoms with E-state index < -0.39 is 0 Å². The van der Waals surface area contributed by atoms with Crippen LogP contribution in [0.3, 0.4) is 0 Å². The number of piperidine rings is 1. The van der Waals surface area contributed by atoms with Crippen molar-refractivity contribution < 1.29 is 14.1 Å². The van der Waals surface area contributed by atoms with Crippen LogP contribution >= 0.6 is 0 Å². The molecule has 1 aliphatic rings. The second kappa shape index (κ2) is 8.38. The molecule has 8 nitrogen and oxygen atoms in total. The van der Waals surface area contributed by atoms with E-state index >= 15 is 0 Å². The van der Waals surface area contributed by atoms with Crippen LogP contribution in [-0.4, -0.2) is 51.0 Å². The number of hydrogen-bond donors (Lipinski definition) is 1. The number of fused-ring (bicyclic) bond motifs is 1. The van der Waals surface area contributed by atoms with Crippen LogP contribution in [-0.2, 0) is 11.2 Å². The number of nitrogens with one attached hydrogen (secondary N) is 1. The predicted octanol–water partition coefficient (Wildman–Crippen LogP) is 2.22. The van der Waals surface area contributed by atoms with E-state index in [0.29, 0.717) is 36.5 Å². The maximum Gasteiger partial charge on any atom is 0.271 e. The van der Waals surface area contributed by atoms with Gasteiger partial charge in [-0.2, -0.15) is 0 Å². The number of amides is 2. The molecule has 3 heterocycles. The lowest BCUT2D eigenvalue weighted by atomic mass is 9.89. The van der Waals surface area contributed by atoms with Gasteiger partial charge in [0.1, 0.15) is 11.4 Å². The first-order valence-corrected chi connectivity index (χ1v) is 9.83. The van der Waals surface area contributed by atoms with Gasteiger partial charge in [0, 0.05) is 36.9 Å². The molecule has 0 radical (unpaired) electrons. The summed E-state index contributed by atoms with van der Waals surface area (Å²) in [4.78, 5) is 35.1. The molecular weight excluding hydrogens is 370 g/mol. The van der Waals surface area contributed by atoms with E-state index in [9.17, 15) is 9.59 Å². The van der Waals surface area contributed by atoms with Crippen LogP contribution in [0.15, 0.2) is 47.4 Å². The van der Waals surface area contributed by atoms with Crippen molar-refractivity contribution in [3.63, 3.8) is 0 Å². The first kappa shape index (κ1) is 19.0. The minimum atomic E-state index is -0.226. The Kier molecular flexibility index (Phi) is 5.50. The normalized spacial score (nSPS) is 19.3. The van der Waals surface area contributed by atoms with Gasteiger partial charge in [-0.1, -0.05) is 24.2 Å². The number of benzene rings is 1. The Morgan fingerprint density at radius 2 is 2.14 bits per heavy atom. The van der Waals surface area contributed by atoms with Crippen LogP contribution in [0.2, 0.25) is 0 Å². The molecule has 0 unspecified atom stereocenters. The summed E-state index contributed by atoms with van der Waals surface area (Å²) in [6.45, 7) is 3.28. The minimum absolute atomic E-state index is 0.00596. The molecule has 1 saturated heterocycles. The monoisotopic (exact) mass is 393 g/mol. The van der Waals surface area contributed by atoms with Gasteiger partial charge in [0.05, 0.1) is 12.6 Å². The predicted molar refractivity (Wildman–Crippen MR) is 106 cm³/mol. The van der Waals surface area contributed by atoms with E-state index in [1.54, 1.807) is 0 Å². The third kappa shape index (κ3) is 4.11. The fourth-order valence-corrected chi connectivity index (χ4v) is 3.84. The van der Waals surface area contributed by atoms with Gasteiger partial charge in [0.2, 0.25) is 5.91 Å². The van der Waals surface area contributed by atoms with Crippen LogP contribution in [0.4, 0.5) is 0 Å². The zero-order valence-electron chi connectivity index (χ0n) is 16.2. The molecule has 2 aromatic heterocycles. The third-order valence-corrected chi connectivity index (χ3v) is 5.49. The average molecular weight is 393 g/mol. The maximum atomic E-state index is 12.9. The van der Waals surface area contributed by atoms with Gasteiger partial charge >= 0.3 is 0 Å². The van der Waals surface area contributed by atoms with Crippen molar-refractivity contribution in [3.8, 4) is 0 Å². The molecule has 3 aromatic rings. The molecule has 0 bridgehead atoms. The quantitative estimate of drug-likeness (QED) is 0.713. The number of para-hydroxylation sites is 1. The number of carbonyl (C=O) groups is 2. The largest absolute Gasteiger partial charge is 0.356 e. The van der Waals surface area contributed by atoms with Crippen molar-refractivity contribution in [3.05, 3.63) is 54.2 Å². The zero-order chi connectivity index (χ0) is 20.2. The second-order valence-corrected chi connectivity index (χ2v) is 7.27. The van der Waals surface area contributed by atoms with E-state index in [-0.39, 0.29) is 30.2 Å². The maximum absolute atomic E-state index is 12.9. The summed E-state index contributed by atoms with van der Waals surface area (Å²) in [5.41, 5.74) is 1.66. The van der Waals surface area contributed by atoms with E-state index in [2.05, 4.69) is 27.4 Å². The highest BCUT2D eigenvalue weighted by Gasteiger charge is 2.32. The summed E-state index contributed by atoms with van der Waals surface area (Å²) >= 11 is 0. The highest BCUT2D eigenvalue weighted by molar-refractivity contribution is 5.92. The first-order valence-electron chi connectivity index (χ1n) is 9.83. The topological polar surface area (TPSA) is 101 Å². The van der Waals surface area contributed by atoms with Crippen molar-refractivity contribution in [1.29, 1.82) is 0 Å². The van der Waals surface area contributed by atoms with Gasteiger partial charge in [-0.3, -0.25) is 14.6 Å². The van der Waals surface area contributed by atoms with Crippen LogP contribution in [0.5, 0.6) is 0 Å². The SMILES string of the molecule is CC[C@@H]1CN(C(=O)Cc2noc3ccccc23)CC[C@@H]1NC(=O)c1cnccn1. The summed E-state index contributed by atoms with van der Waals surface area (Å²) < 4.78 is 5.30. The zero-order valence-corrected chi connectivity index (χ0v) is 16.2. The number of rotatable bonds is 5. The first-order chi connectivity index (χ1) is 14.2. The second-order valence-electron chi connectivity index (χ2n) is 7.27. The average Bonchev–Trinajstić information content (AvgIpc) is 3.17. The number of carbonyl (C=O) groups excluding carboxylic acids is 2. The van der Waals surface area contributed by atoms with Crippen LogP contribution in [0, 0.1) is 5.92 Å². The molecule has 2 amide bonds. The Balaban J connectivity index is 1.39. The fourth-order valence-electron chi connectivity index (χ4n) is 3.84. The molecule has 0 aliphatic carbocycles. The molecule has 1 aliphatic heterocycles. The van der Waals surface area contributed by atoms with Crippen molar-refractivity contribution in [2.24, 2.45) is 5.92 Å². The third-order valence-electron chi connectivity index (χ3n) is 5.49. The summed E-state index contributed by atoms with van der Waals surface area (Å²) in [5, 5.41) is 8.00. The highest BCUT2D eigenvalue weighted by atomic mass is 16.5. The molecule has 4 rings (SSSR count). The Morgan fingerprint density at radius 3 is 2.93 bits per heavy atom. The molecular formula is C21H23N5O3. The smallest absolute Gasteiger partial charge is 0.271 e. The standard InChI is InChI=1S/C21H23N5O3/c1-2-14-13-26(10-7-16(14)24-21(28)18-12-22-8-9-23-18)20(27)11-17-15-5-3-4-6-19(15)29-25-17/h3-6,8-9,12,14,16H,2,7,10-11,13H2,1H3,(H,24,28)/t14-,16+/m1/s1. The molecule has 150 valence electrons.